The van der Waals surface area contributed by atoms with E-state index in [1.54, 1.807) is 0 Å². The first-order valence-electron chi connectivity index (χ1n) is 13.7. The third-order valence-electron chi connectivity index (χ3n) is 7.61. The van der Waals surface area contributed by atoms with Gasteiger partial charge in [0.25, 0.3) is 0 Å². The second kappa shape index (κ2) is 9.95. The van der Waals surface area contributed by atoms with Gasteiger partial charge in [-0.1, -0.05) is 115 Å². The molecule has 0 spiro atoms. The van der Waals surface area contributed by atoms with Crippen molar-refractivity contribution in [2.45, 2.75) is 0 Å². The predicted molar refractivity (Wildman–Crippen MR) is 171 cm³/mol. The van der Waals surface area contributed by atoms with Gasteiger partial charge < -0.3 is 4.42 Å². The minimum absolute atomic E-state index is 0.632. The van der Waals surface area contributed by atoms with E-state index in [0.29, 0.717) is 22.5 Å². The van der Waals surface area contributed by atoms with Gasteiger partial charge in [-0.05, 0) is 46.2 Å². The first kappa shape index (κ1) is 24.5. The van der Waals surface area contributed by atoms with Crippen LogP contribution in [0.5, 0.6) is 0 Å². The van der Waals surface area contributed by atoms with Gasteiger partial charge in [0.1, 0.15) is 11.2 Å². The Balaban J connectivity index is 1.37. The summed E-state index contributed by atoms with van der Waals surface area (Å²) in [5, 5.41) is 4.93. The Morgan fingerprint density at radius 2 is 1.02 bits per heavy atom. The van der Waals surface area contributed by atoms with Crippen LogP contribution in [0.25, 0.3) is 78.0 Å². The van der Waals surface area contributed by atoms with Gasteiger partial charge in [-0.25, -0.2) is 15.0 Å². The highest BCUT2D eigenvalue weighted by atomic mass is 35.5. The molecule has 0 unspecified atom stereocenters. The van der Waals surface area contributed by atoms with Gasteiger partial charge in [0.05, 0.1) is 0 Å². The summed E-state index contributed by atoms with van der Waals surface area (Å²) in [6.45, 7) is 0. The highest BCUT2D eigenvalue weighted by molar-refractivity contribution is 6.31. The van der Waals surface area contributed by atoms with Crippen LogP contribution in [0.3, 0.4) is 0 Å². The van der Waals surface area contributed by atoms with E-state index in [0.717, 1.165) is 60.5 Å². The first-order chi connectivity index (χ1) is 20.7. The van der Waals surface area contributed by atoms with E-state index in [4.69, 9.17) is 31.0 Å². The molecule has 0 radical (unpaired) electrons. The smallest absolute Gasteiger partial charge is 0.164 e. The molecule has 42 heavy (non-hydrogen) atoms. The molecule has 6 aromatic carbocycles. The Morgan fingerprint density at radius 1 is 0.429 bits per heavy atom. The van der Waals surface area contributed by atoms with Crippen molar-refractivity contribution < 1.29 is 4.42 Å². The quantitative estimate of drug-likeness (QED) is 0.215. The zero-order valence-electron chi connectivity index (χ0n) is 22.3. The third-order valence-corrected chi connectivity index (χ3v) is 7.85. The minimum Gasteiger partial charge on any atom is -0.456 e. The molecule has 2 heterocycles. The number of nitrogens with zero attached hydrogens (tertiary/aromatic N) is 3. The summed E-state index contributed by atoms with van der Waals surface area (Å²) in [7, 11) is 0. The predicted octanol–water partition coefficient (Wildman–Crippen LogP) is 10.2. The zero-order valence-corrected chi connectivity index (χ0v) is 23.1. The third kappa shape index (κ3) is 4.12. The molecule has 5 heteroatoms. The summed E-state index contributed by atoms with van der Waals surface area (Å²) in [6.07, 6.45) is 0. The zero-order chi connectivity index (χ0) is 28.0. The van der Waals surface area contributed by atoms with Crippen LogP contribution in [-0.2, 0) is 0 Å². The molecule has 0 aliphatic carbocycles. The van der Waals surface area contributed by atoms with Crippen molar-refractivity contribution in [2.24, 2.45) is 0 Å². The second-order valence-corrected chi connectivity index (χ2v) is 10.6. The molecule has 0 saturated heterocycles. The number of benzene rings is 6. The standard InChI is InChI=1S/C37H22ClN3O/c38-25-18-19-31-33(22-25)42-32-17-9-16-29(34(31)32)28-20-21-30(27-15-8-7-14-26(27)28)37-40-35(23-10-3-1-4-11-23)39-36(41-37)24-12-5-2-6-13-24/h1-22H. The molecule has 0 amide bonds. The Labute approximate surface area is 246 Å². The van der Waals surface area contributed by atoms with E-state index in [-0.39, 0.29) is 0 Å². The van der Waals surface area contributed by atoms with Gasteiger partial charge in [0.15, 0.2) is 17.5 Å². The Morgan fingerprint density at radius 3 is 1.71 bits per heavy atom. The molecule has 0 bridgehead atoms. The fourth-order valence-electron chi connectivity index (χ4n) is 5.68. The van der Waals surface area contributed by atoms with Crippen molar-refractivity contribution in [2.75, 3.05) is 0 Å². The van der Waals surface area contributed by atoms with Gasteiger partial charge in [-0.15, -0.1) is 0 Å². The van der Waals surface area contributed by atoms with E-state index < -0.39 is 0 Å². The summed E-state index contributed by atoms with van der Waals surface area (Å²) < 4.78 is 6.20. The molecule has 0 N–H and O–H groups in total. The summed E-state index contributed by atoms with van der Waals surface area (Å²) in [5.74, 6) is 1.91. The summed E-state index contributed by atoms with van der Waals surface area (Å²) in [6, 6.07) is 44.8. The largest absolute Gasteiger partial charge is 0.456 e. The second-order valence-electron chi connectivity index (χ2n) is 10.2. The molecule has 4 nitrogen and oxygen atoms in total. The Kier molecular flexibility index (Phi) is 5.80. The number of aromatic nitrogens is 3. The lowest BCUT2D eigenvalue weighted by molar-refractivity contribution is 0.669. The molecule has 0 saturated carbocycles. The topological polar surface area (TPSA) is 51.8 Å². The molecule has 0 aliphatic rings. The Bertz CT molecular complexity index is 2200. The lowest BCUT2D eigenvalue weighted by atomic mass is 9.92. The number of rotatable bonds is 4. The number of halogens is 1. The monoisotopic (exact) mass is 559 g/mol. The van der Waals surface area contributed by atoms with Gasteiger partial charge in [-0.2, -0.15) is 0 Å². The molecule has 8 rings (SSSR count). The lowest BCUT2D eigenvalue weighted by Crippen LogP contribution is -2.00. The highest BCUT2D eigenvalue weighted by Crippen LogP contribution is 2.41. The van der Waals surface area contributed by atoms with Crippen molar-refractivity contribution in [1.82, 2.24) is 15.0 Å². The van der Waals surface area contributed by atoms with Crippen LogP contribution in [0.4, 0.5) is 0 Å². The van der Waals surface area contributed by atoms with Gasteiger partial charge in [0, 0.05) is 38.6 Å². The average molecular weight is 560 g/mol. The summed E-state index contributed by atoms with van der Waals surface area (Å²) in [5.41, 5.74) is 6.64. The lowest BCUT2D eigenvalue weighted by Gasteiger charge is -2.13. The van der Waals surface area contributed by atoms with Crippen molar-refractivity contribution in [3.8, 4) is 45.3 Å². The maximum atomic E-state index is 6.28. The fourth-order valence-corrected chi connectivity index (χ4v) is 5.84. The van der Waals surface area contributed by atoms with Gasteiger partial charge in [0.2, 0.25) is 0 Å². The van der Waals surface area contributed by atoms with E-state index in [9.17, 15) is 0 Å². The summed E-state index contributed by atoms with van der Waals surface area (Å²) in [4.78, 5) is 14.9. The number of furan rings is 1. The maximum Gasteiger partial charge on any atom is 0.164 e. The van der Waals surface area contributed by atoms with E-state index in [1.807, 2.05) is 91.0 Å². The number of hydrogen-bond donors (Lipinski definition) is 0. The van der Waals surface area contributed by atoms with Crippen molar-refractivity contribution >= 4 is 44.3 Å². The molecule has 0 fully saturated rings. The SMILES string of the molecule is Clc1ccc2c(c1)oc1cccc(-c3ccc(-c4nc(-c5ccccc5)nc(-c5ccccc5)n4)c4ccccc34)c12. The van der Waals surface area contributed by atoms with Gasteiger partial charge in [-0.3, -0.25) is 0 Å². The first-order valence-corrected chi connectivity index (χ1v) is 14.1. The molecule has 2 aromatic heterocycles. The summed E-state index contributed by atoms with van der Waals surface area (Å²) >= 11 is 6.28. The molecule has 8 aromatic rings. The van der Waals surface area contributed by atoms with Crippen molar-refractivity contribution in [3.05, 3.63) is 138 Å². The molecule has 198 valence electrons. The minimum atomic E-state index is 0.632. The van der Waals surface area contributed by atoms with Crippen molar-refractivity contribution in [1.29, 1.82) is 0 Å². The van der Waals surface area contributed by atoms with Crippen LogP contribution in [-0.4, -0.2) is 15.0 Å². The van der Waals surface area contributed by atoms with Crippen LogP contribution in [0.2, 0.25) is 5.02 Å². The van der Waals surface area contributed by atoms with Crippen LogP contribution in [0.15, 0.2) is 138 Å². The van der Waals surface area contributed by atoms with E-state index in [2.05, 4.69) is 42.5 Å². The van der Waals surface area contributed by atoms with Gasteiger partial charge >= 0.3 is 0 Å². The van der Waals surface area contributed by atoms with Crippen LogP contribution in [0, 0.1) is 0 Å². The number of hydrogen-bond acceptors (Lipinski definition) is 4. The Hall–Kier alpha value is -5.32. The molecular weight excluding hydrogens is 538 g/mol. The van der Waals surface area contributed by atoms with Crippen LogP contribution >= 0.6 is 11.6 Å². The van der Waals surface area contributed by atoms with Crippen molar-refractivity contribution in [3.63, 3.8) is 0 Å². The average Bonchev–Trinajstić information content (AvgIpc) is 3.43. The van der Waals surface area contributed by atoms with E-state index in [1.165, 1.54) is 0 Å². The highest BCUT2D eigenvalue weighted by Gasteiger charge is 2.18. The fraction of sp³-hybridized carbons (Fsp3) is 0. The van der Waals surface area contributed by atoms with E-state index >= 15 is 0 Å². The van der Waals surface area contributed by atoms with Crippen LogP contribution in [0.1, 0.15) is 0 Å². The normalized spacial score (nSPS) is 11.5. The maximum absolute atomic E-state index is 6.28. The number of fused-ring (bicyclic) bond motifs is 4. The molecule has 0 aliphatic heterocycles. The molecule has 0 atom stereocenters. The van der Waals surface area contributed by atoms with Crippen LogP contribution < -0.4 is 0 Å². The molecular formula is C37H22ClN3O.